The Balaban J connectivity index is 2.28. The fourth-order valence-corrected chi connectivity index (χ4v) is 5.58. The van der Waals surface area contributed by atoms with E-state index in [4.69, 9.17) is 4.43 Å². The summed E-state index contributed by atoms with van der Waals surface area (Å²) in [7, 11) is -1.61. The Labute approximate surface area is 119 Å². The van der Waals surface area contributed by atoms with Crippen molar-refractivity contribution in [3.8, 4) is 11.5 Å². The van der Waals surface area contributed by atoms with Crippen molar-refractivity contribution in [2.75, 3.05) is 11.5 Å². The molecular formula is C13H20O2S2Si. The molecule has 1 aromatic carbocycles. The zero-order chi connectivity index (χ0) is 13.2. The van der Waals surface area contributed by atoms with E-state index in [0.29, 0.717) is 10.3 Å². The smallest absolute Gasteiger partial charge is 0.242 e. The minimum absolute atomic E-state index is 0.333. The number of hydrogen-bond acceptors (Lipinski definition) is 4. The summed E-state index contributed by atoms with van der Waals surface area (Å²) in [4.78, 5) is 0. The lowest BCUT2D eigenvalue weighted by Gasteiger charge is -2.27. The molecular weight excluding hydrogens is 280 g/mol. The zero-order valence-electron chi connectivity index (χ0n) is 11.1. The van der Waals surface area contributed by atoms with Gasteiger partial charge in [-0.05, 0) is 55.8 Å². The van der Waals surface area contributed by atoms with Crippen LogP contribution in [0.4, 0.5) is 0 Å². The van der Waals surface area contributed by atoms with Gasteiger partial charge in [-0.25, -0.2) is 0 Å². The Kier molecular flexibility index (Phi) is 4.56. The zero-order valence-corrected chi connectivity index (χ0v) is 13.7. The summed E-state index contributed by atoms with van der Waals surface area (Å²) in [6.07, 6.45) is 1.27. The quantitative estimate of drug-likeness (QED) is 0.834. The fourth-order valence-electron chi connectivity index (χ4n) is 1.81. The molecule has 1 heterocycles. The topological polar surface area (TPSA) is 29.5 Å². The van der Waals surface area contributed by atoms with Gasteiger partial charge in [0.25, 0.3) is 0 Å². The number of aromatic hydroxyl groups is 1. The van der Waals surface area contributed by atoms with Gasteiger partial charge < -0.3 is 9.53 Å². The van der Waals surface area contributed by atoms with E-state index in [1.165, 1.54) is 17.9 Å². The molecule has 1 aliphatic rings. The molecule has 0 amide bonds. The van der Waals surface area contributed by atoms with Crippen molar-refractivity contribution in [3.05, 3.63) is 23.8 Å². The van der Waals surface area contributed by atoms with Gasteiger partial charge in [-0.15, -0.1) is 23.5 Å². The van der Waals surface area contributed by atoms with E-state index in [1.54, 1.807) is 6.07 Å². The maximum Gasteiger partial charge on any atom is 0.242 e. The normalized spacial score (nSPS) is 17.7. The van der Waals surface area contributed by atoms with Crippen molar-refractivity contribution < 1.29 is 9.53 Å². The van der Waals surface area contributed by atoms with Gasteiger partial charge in [0.15, 0.2) is 0 Å². The van der Waals surface area contributed by atoms with Crippen molar-refractivity contribution in [1.82, 2.24) is 0 Å². The van der Waals surface area contributed by atoms with Crippen molar-refractivity contribution in [2.45, 2.75) is 30.6 Å². The Morgan fingerprint density at radius 2 is 1.89 bits per heavy atom. The van der Waals surface area contributed by atoms with E-state index >= 15 is 0 Å². The average molecular weight is 301 g/mol. The van der Waals surface area contributed by atoms with Gasteiger partial charge in [-0.1, -0.05) is 0 Å². The number of benzene rings is 1. The summed E-state index contributed by atoms with van der Waals surface area (Å²) < 4.78 is 6.54. The molecule has 0 unspecified atom stereocenters. The van der Waals surface area contributed by atoms with Crippen LogP contribution < -0.4 is 4.43 Å². The summed E-state index contributed by atoms with van der Waals surface area (Å²) in [5.74, 6) is 3.68. The Bertz CT molecular complexity index is 412. The van der Waals surface area contributed by atoms with E-state index in [9.17, 15) is 5.11 Å². The number of hydrogen-bond donors (Lipinski definition) is 1. The molecule has 1 saturated heterocycles. The molecule has 1 N–H and O–H groups in total. The summed E-state index contributed by atoms with van der Waals surface area (Å²) in [5, 5.41) is 9.70. The molecule has 1 aliphatic heterocycles. The van der Waals surface area contributed by atoms with Crippen LogP contribution in [0.25, 0.3) is 0 Å². The summed E-state index contributed by atoms with van der Waals surface area (Å²) in [5.41, 5.74) is 1.15. The van der Waals surface area contributed by atoms with Gasteiger partial charge >= 0.3 is 0 Å². The predicted octanol–water partition coefficient (Wildman–Crippen LogP) is 4.47. The van der Waals surface area contributed by atoms with E-state index < -0.39 is 8.32 Å². The van der Waals surface area contributed by atoms with Gasteiger partial charge in [-0.2, -0.15) is 0 Å². The van der Waals surface area contributed by atoms with Crippen LogP contribution in [0.5, 0.6) is 11.5 Å². The van der Waals surface area contributed by atoms with E-state index in [-0.39, 0.29) is 0 Å². The van der Waals surface area contributed by atoms with E-state index in [2.05, 4.69) is 19.6 Å². The standard InChI is InChI=1S/C13H20O2S2Si/c1-18(2,3)15-12-6-5-10(14)9-11(12)13-16-7-4-8-17-13/h5-6,9,13-14H,4,7-8H2,1-3H3. The van der Waals surface area contributed by atoms with Crippen LogP contribution in [-0.2, 0) is 0 Å². The third-order valence-electron chi connectivity index (χ3n) is 2.49. The van der Waals surface area contributed by atoms with Gasteiger partial charge in [0, 0.05) is 5.56 Å². The van der Waals surface area contributed by atoms with Crippen LogP contribution in [0.1, 0.15) is 16.6 Å². The van der Waals surface area contributed by atoms with Crippen LogP contribution in [0, 0.1) is 0 Å². The highest BCUT2D eigenvalue weighted by Gasteiger charge is 2.24. The van der Waals surface area contributed by atoms with Crippen LogP contribution >= 0.6 is 23.5 Å². The molecule has 100 valence electrons. The number of phenolic OH excluding ortho intramolecular Hbond substituents is 1. The average Bonchev–Trinajstić information content (AvgIpc) is 2.31. The molecule has 0 bridgehead atoms. The molecule has 18 heavy (non-hydrogen) atoms. The summed E-state index contributed by atoms with van der Waals surface area (Å²) in [6, 6.07) is 5.50. The molecule has 1 aromatic rings. The highest BCUT2D eigenvalue weighted by Crippen LogP contribution is 2.47. The van der Waals surface area contributed by atoms with Gasteiger partial charge in [-0.3, -0.25) is 0 Å². The highest BCUT2D eigenvalue weighted by molar-refractivity contribution is 8.16. The second-order valence-corrected chi connectivity index (χ2v) is 12.5. The number of rotatable bonds is 3. The SMILES string of the molecule is C[Si](C)(C)Oc1ccc(O)cc1C1SCCCS1. The first-order chi connectivity index (χ1) is 8.46. The first kappa shape index (κ1) is 14.2. The predicted molar refractivity (Wildman–Crippen MR) is 84.4 cm³/mol. The Hall–Kier alpha value is -0.263. The summed E-state index contributed by atoms with van der Waals surface area (Å²) in [6.45, 7) is 6.56. The number of thioether (sulfide) groups is 2. The van der Waals surface area contributed by atoms with Crippen molar-refractivity contribution in [1.29, 1.82) is 0 Å². The van der Waals surface area contributed by atoms with Crippen molar-refractivity contribution in [3.63, 3.8) is 0 Å². The maximum atomic E-state index is 9.70. The molecule has 2 rings (SSSR count). The third-order valence-corrected chi connectivity index (χ3v) is 6.30. The van der Waals surface area contributed by atoms with Crippen LogP contribution in [0.2, 0.25) is 19.6 Å². The molecule has 1 fully saturated rings. The lowest BCUT2D eigenvalue weighted by Crippen LogP contribution is -2.29. The lowest BCUT2D eigenvalue weighted by atomic mass is 10.2. The molecule has 0 atom stereocenters. The van der Waals surface area contributed by atoms with Crippen molar-refractivity contribution >= 4 is 31.8 Å². The first-order valence-electron chi connectivity index (χ1n) is 6.21. The molecule has 0 saturated carbocycles. The number of phenols is 1. The first-order valence-corrected chi connectivity index (χ1v) is 11.7. The molecule has 0 radical (unpaired) electrons. The van der Waals surface area contributed by atoms with Crippen molar-refractivity contribution in [2.24, 2.45) is 0 Å². The highest BCUT2D eigenvalue weighted by atomic mass is 32.2. The van der Waals surface area contributed by atoms with E-state index in [0.717, 1.165) is 11.3 Å². The summed E-state index contributed by atoms with van der Waals surface area (Å²) >= 11 is 3.90. The maximum absolute atomic E-state index is 9.70. The molecule has 0 aromatic heterocycles. The van der Waals surface area contributed by atoms with Gasteiger partial charge in [0.2, 0.25) is 8.32 Å². The van der Waals surface area contributed by atoms with Gasteiger partial charge in [0.1, 0.15) is 11.5 Å². The Morgan fingerprint density at radius 1 is 1.22 bits per heavy atom. The minimum atomic E-state index is -1.61. The molecule has 0 aliphatic carbocycles. The second-order valence-electron chi connectivity index (χ2n) is 5.36. The molecule has 2 nitrogen and oxygen atoms in total. The fraction of sp³-hybridized carbons (Fsp3) is 0.538. The van der Waals surface area contributed by atoms with Gasteiger partial charge in [0.05, 0.1) is 4.58 Å². The monoisotopic (exact) mass is 300 g/mol. The van der Waals surface area contributed by atoms with Crippen LogP contribution in [0.15, 0.2) is 18.2 Å². The lowest BCUT2D eigenvalue weighted by molar-refractivity contribution is 0.471. The Morgan fingerprint density at radius 3 is 2.50 bits per heavy atom. The van der Waals surface area contributed by atoms with Crippen LogP contribution in [-0.4, -0.2) is 24.9 Å². The minimum Gasteiger partial charge on any atom is -0.544 e. The van der Waals surface area contributed by atoms with Crippen LogP contribution in [0.3, 0.4) is 0 Å². The third kappa shape index (κ3) is 3.86. The largest absolute Gasteiger partial charge is 0.544 e. The second kappa shape index (κ2) is 5.80. The van der Waals surface area contributed by atoms with E-state index in [1.807, 2.05) is 35.7 Å². The molecule has 5 heteroatoms. The molecule has 0 spiro atoms.